The Morgan fingerprint density at radius 3 is 2.27 bits per heavy atom. The molecule has 2 rings (SSSR count). The van der Waals surface area contributed by atoms with Crippen LogP contribution in [0.1, 0.15) is 11.1 Å². The third-order valence-electron chi connectivity index (χ3n) is 3.47. The lowest BCUT2D eigenvalue weighted by atomic mass is 10.1. The fourth-order valence-electron chi connectivity index (χ4n) is 2.23. The minimum atomic E-state index is -0.235. The van der Waals surface area contributed by atoms with Gasteiger partial charge in [0.05, 0.1) is 27.9 Å². The number of carbonyl (C=O) groups is 1. The molecule has 1 amide bonds. The van der Waals surface area contributed by atoms with Crippen molar-refractivity contribution in [3.05, 3.63) is 59.7 Å². The molecule has 0 spiro atoms. The summed E-state index contributed by atoms with van der Waals surface area (Å²) in [5, 5.41) is 2.72. The summed E-state index contributed by atoms with van der Waals surface area (Å²) in [7, 11) is 4.63. The quantitative estimate of drug-likeness (QED) is 0.642. The summed E-state index contributed by atoms with van der Waals surface area (Å²) in [5.74, 6) is 7.22. The molecule has 0 aliphatic heterocycles. The van der Waals surface area contributed by atoms with Gasteiger partial charge in [-0.3, -0.25) is 4.79 Å². The summed E-state index contributed by atoms with van der Waals surface area (Å²) in [6, 6.07) is 13.1. The van der Waals surface area contributed by atoms with Gasteiger partial charge in [0, 0.05) is 11.6 Å². The third-order valence-corrected chi connectivity index (χ3v) is 3.47. The second-order valence-electron chi connectivity index (χ2n) is 5.18. The molecular formula is C21H21NO4. The van der Waals surface area contributed by atoms with Gasteiger partial charge in [0.2, 0.25) is 11.7 Å². The molecule has 0 aromatic heterocycles. The molecule has 0 saturated heterocycles. The van der Waals surface area contributed by atoms with Gasteiger partial charge in [-0.05, 0) is 35.9 Å². The molecule has 0 fully saturated rings. The van der Waals surface area contributed by atoms with E-state index < -0.39 is 0 Å². The smallest absolute Gasteiger partial charge is 0.244 e. The van der Waals surface area contributed by atoms with Crippen LogP contribution in [0.3, 0.4) is 0 Å². The number of nitrogens with one attached hydrogen (secondary N) is 1. The highest BCUT2D eigenvalue weighted by Crippen LogP contribution is 2.38. The average Bonchev–Trinajstić information content (AvgIpc) is 2.69. The Morgan fingerprint density at radius 2 is 1.69 bits per heavy atom. The standard InChI is InChI=1S/C21H21NO4/c1-24-18-14-17(15-19(25-2)21(18)26-3)11-12-20(23)22-13-7-10-16-8-5-4-6-9-16/h4-6,8-9,11-12,14-15H,13H2,1-3H3,(H,22,23)/b12-11+. The van der Waals surface area contributed by atoms with Crippen molar-refractivity contribution in [2.75, 3.05) is 27.9 Å². The van der Waals surface area contributed by atoms with Crippen LogP contribution in [0.2, 0.25) is 0 Å². The highest BCUT2D eigenvalue weighted by molar-refractivity contribution is 5.92. The van der Waals surface area contributed by atoms with Crippen LogP contribution in [0.4, 0.5) is 0 Å². The summed E-state index contributed by atoms with van der Waals surface area (Å²) in [6.45, 7) is 0.271. The first kappa shape index (κ1) is 18.9. The number of benzene rings is 2. The van der Waals surface area contributed by atoms with Crippen molar-refractivity contribution in [2.45, 2.75) is 0 Å². The van der Waals surface area contributed by atoms with Crippen LogP contribution in [0, 0.1) is 11.8 Å². The summed E-state index contributed by atoms with van der Waals surface area (Å²) < 4.78 is 15.9. The van der Waals surface area contributed by atoms with Gasteiger partial charge in [-0.1, -0.05) is 30.0 Å². The Bertz CT molecular complexity index is 807. The van der Waals surface area contributed by atoms with Crippen LogP contribution >= 0.6 is 0 Å². The fourth-order valence-corrected chi connectivity index (χ4v) is 2.23. The van der Waals surface area contributed by atoms with Crippen LogP contribution in [-0.4, -0.2) is 33.8 Å². The molecule has 5 heteroatoms. The molecule has 0 saturated carbocycles. The van der Waals surface area contributed by atoms with E-state index in [-0.39, 0.29) is 12.5 Å². The van der Waals surface area contributed by atoms with Crippen LogP contribution in [-0.2, 0) is 4.79 Å². The van der Waals surface area contributed by atoms with Gasteiger partial charge in [-0.15, -0.1) is 0 Å². The lowest BCUT2D eigenvalue weighted by Gasteiger charge is -2.12. The van der Waals surface area contributed by atoms with Gasteiger partial charge in [0.25, 0.3) is 0 Å². The molecule has 1 N–H and O–H groups in total. The van der Waals surface area contributed by atoms with Crippen LogP contribution in [0.15, 0.2) is 48.5 Å². The maximum atomic E-state index is 11.9. The molecule has 2 aromatic carbocycles. The minimum absolute atomic E-state index is 0.235. The van der Waals surface area contributed by atoms with Gasteiger partial charge in [-0.25, -0.2) is 0 Å². The number of carbonyl (C=O) groups excluding carboxylic acids is 1. The minimum Gasteiger partial charge on any atom is -0.493 e. The predicted octanol–water partition coefficient (Wildman–Crippen LogP) is 2.89. The van der Waals surface area contributed by atoms with E-state index in [0.717, 1.165) is 11.1 Å². The summed E-state index contributed by atoms with van der Waals surface area (Å²) in [5.41, 5.74) is 1.67. The van der Waals surface area contributed by atoms with Crippen molar-refractivity contribution in [3.63, 3.8) is 0 Å². The van der Waals surface area contributed by atoms with Gasteiger partial charge < -0.3 is 19.5 Å². The Kier molecular flexibility index (Phi) is 7.14. The topological polar surface area (TPSA) is 56.8 Å². The summed E-state index contributed by atoms with van der Waals surface area (Å²) in [4.78, 5) is 11.9. The van der Waals surface area contributed by atoms with E-state index >= 15 is 0 Å². The van der Waals surface area contributed by atoms with E-state index in [4.69, 9.17) is 14.2 Å². The molecule has 0 aliphatic rings. The van der Waals surface area contributed by atoms with Crippen LogP contribution in [0.25, 0.3) is 6.08 Å². The average molecular weight is 351 g/mol. The Morgan fingerprint density at radius 1 is 1.04 bits per heavy atom. The largest absolute Gasteiger partial charge is 0.493 e. The number of hydrogen-bond acceptors (Lipinski definition) is 4. The zero-order valence-corrected chi connectivity index (χ0v) is 15.0. The van der Waals surface area contributed by atoms with Gasteiger partial charge in [0.1, 0.15) is 0 Å². The van der Waals surface area contributed by atoms with E-state index in [0.29, 0.717) is 17.2 Å². The zero-order chi connectivity index (χ0) is 18.8. The van der Waals surface area contributed by atoms with E-state index in [1.807, 2.05) is 30.3 Å². The molecule has 26 heavy (non-hydrogen) atoms. The van der Waals surface area contributed by atoms with Crippen molar-refractivity contribution < 1.29 is 19.0 Å². The first-order valence-corrected chi connectivity index (χ1v) is 7.97. The van der Waals surface area contributed by atoms with Crippen molar-refractivity contribution in [3.8, 4) is 29.1 Å². The lowest BCUT2D eigenvalue weighted by molar-refractivity contribution is -0.116. The first-order valence-electron chi connectivity index (χ1n) is 7.97. The molecule has 0 atom stereocenters. The monoisotopic (exact) mass is 351 g/mol. The van der Waals surface area contributed by atoms with Crippen molar-refractivity contribution >= 4 is 12.0 Å². The lowest BCUT2D eigenvalue weighted by Crippen LogP contribution is -2.20. The molecule has 0 heterocycles. The molecule has 0 aliphatic carbocycles. The molecule has 2 aromatic rings. The SMILES string of the molecule is COc1cc(/C=C/C(=O)NCC#Cc2ccccc2)cc(OC)c1OC. The van der Waals surface area contributed by atoms with E-state index in [2.05, 4.69) is 17.2 Å². The first-order chi connectivity index (χ1) is 12.7. The Balaban J connectivity index is 1.98. The molecule has 5 nitrogen and oxygen atoms in total. The molecule has 134 valence electrons. The zero-order valence-electron chi connectivity index (χ0n) is 15.0. The maximum Gasteiger partial charge on any atom is 0.244 e. The molecule has 0 unspecified atom stereocenters. The Labute approximate surface area is 153 Å². The maximum absolute atomic E-state index is 11.9. The number of rotatable bonds is 6. The third kappa shape index (κ3) is 5.32. The van der Waals surface area contributed by atoms with Gasteiger partial charge >= 0.3 is 0 Å². The summed E-state index contributed by atoms with van der Waals surface area (Å²) in [6.07, 6.45) is 3.11. The van der Waals surface area contributed by atoms with E-state index in [9.17, 15) is 4.79 Å². The summed E-state index contributed by atoms with van der Waals surface area (Å²) >= 11 is 0. The number of ether oxygens (including phenoxy) is 3. The highest BCUT2D eigenvalue weighted by atomic mass is 16.5. The number of hydrogen-bond donors (Lipinski definition) is 1. The van der Waals surface area contributed by atoms with Crippen LogP contribution < -0.4 is 19.5 Å². The molecule has 0 bridgehead atoms. The fraction of sp³-hybridized carbons (Fsp3) is 0.190. The highest BCUT2D eigenvalue weighted by Gasteiger charge is 2.12. The van der Waals surface area contributed by atoms with E-state index in [1.54, 1.807) is 39.5 Å². The van der Waals surface area contributed by atoms with Gasteiger partial charge in [0.15, 0.2) is 11.5 Å². The van der Waals surface area contributed by atoms with Crippen LogP contribution in [0.5, 0.6) is 17.2 Å². The van der Waals surface area contributed by atoms with Crippen molar-refractivity contribution in [1.29, 1.82) is 0 Å². The molecular weight excluding hydrogens is 330 g/mol. The normalized spacial score (nSPS) is 9.96. The van der Waals surface area contributed by atoms with E-state index in [1.165, 1.54) is 6.08 Å². The number of amides is 1. The second-order valence-corrected chi connectivity index (χ2v) is 5.18. The second kappa shape index (κ2) is 9.80. The number of methoxy groups -OCH3 is 3. The Hall–Kier alpha value is -3.39. The molecule has 0 radical (unpaired) electrons. The van der Waals surface area contributed by atoms with Gasteiger partial charge in [-0.2, -0.15) is 0 Å². The van der Waals surface area contributed by atoms with Crippen molar-refractivity contribution in [2.24, 2.45) is 0 Å². The van der Waals surface area contributed by atoms with Crippen molar-refractivity contribution in [1.82, 2.24) is 5.32 Å². The predicted molar refractivity (Wildman–Crippen MR) is 101 cm³/mol.